The number of aliphatic imine (C=N–C) groups is 1. The highest BCUT2D eigenvalue weighted by Gasteiger charge is 2.26. The van der Waals surface area contributed by atoms with Gasteiger partial charge in [0, 0.05) is 31.8 Å². The van der Waals surface area contributed by atoms with E-state index in [1.807, 2.05) is 0 Å². The van der Waals surface area contributed by atoms with E-state index in [0.29, 0.717) is 6.61 Å². The molecule has 0 aromatic heterocycles. The van der Waals surface area contributed by atoms with Gasteiger partial charge in [0.25, 0.3) is 0 Å². The van der Waals surface area contributed by atoms with Crippen LogP contribution in [0.4, 0.5) is 0 Å². The SMILES string of the molecule is C=CSC[C@@H]1N=C(CCN2CC2)OCC1O. The van der Waals surface area contributed by atoms with E-state index in [0.717, 1.165) is 24.6 Å². The van der Waals surface area contributed by atoms with E-state index in [4.69, 9.17) is 4.74 Å². The molecule has 5 heteroatoms. The highest BCUT2D eigenvalue weighted by molar-refractivity contribution is 8.02. The zero-order valence-electron chi connectivity index (χ0n) is 9.34. The van der Waals surface area contributed by atoms with Crippen LogP contribution >= 0.6 is 11.8 Å². The molecule has 0 aromatic rings. The molecule has 0 saturated carbocycles. The second-order valence-electron chi connectivity index (χ2n) is 4.06. The third kappa shape index (κ3) is 3.50. The Morgan fingerprint density at radius 2 is 2.44 bits per heavy atom. The van der Waals surface area contributed by atoms with Gasteiger partial charge in [-0.3, -0.25) is 0 Å². The summed E-state index contributed by atoms with van der Waals surface area (Å²) in [5.41, 5.74) is 0. The Hall–Kier alpha value is -0.520. The number of thioether (sulfide) groups is 1. The first-order valence-electron chi connectivity index (χ1n) is 5.62. The molecule has 0 aromatic carbocycles. The largest absolute Gasteiger partial charge is 0.478 e. The van der Waals surface area contributed by atoms with Crippen LogP contribution < -0.4 is 0 Å². The van der Waals surface area contributed by atoms with Crippen LogP contribution in [0.15, 0.2) is 17.0 Å². The van der Waals surface area contributed by atoms with Crippen molar-refractivity contribution in [1.29, 1.82) is 0 Å². The fourth-order valence-corrected chi connectivity index (χ4v) is 2.23. The van der Waals surface area contributed by atoms with Gasteiger partial charge >= 0.3 is 0 Å². The van der Waals surface area contributed by atoms with E-state index in [2.05, 4.69) is 16.5 Å². The van der Waals surface area contributed by atoms with Crippen molar-refractivity contribution in [3.63, 3.8) is 0 Å². The van der Waals surface area contributed by atoms with Crippen LogP contribution in [0.25, 0.3) is 0 Å². The third-order valence-electron chi connectivity index (χ3n) is 2.74. The Labute approximate surface area is 100 Å². The molecule has 90 valence electrons. The van der Waals surface area contributed by atoms with Crippen LogP contribution in [-0.4, -0.2) is 60.0 Å². The van der Waals surface area contributed by atoms with Crippen LogP contribution in [0.3, 0.4) is 0 Å². The quantitative estimate of drug-likeness (QED) is 0.697. The average molecular weight is 242 g/mol. The first-order chi connectivity index (χ1) is 7.79. The molecule has 0 aliphatic carbocycles. The summed E-state index contributed by atoms with van der Waals surface area (Å²) in [6.45, 7) is 7.45. The Balaban J connectivity index is 1.82. The van der Waals surface area contributed by atoms with Gasteiger partial charge in [-0.05, 0) is 5.41 Å². The molecule has 4 nitrogen and oxygen atoms in total. The monoisotopic (exact) mass is 242 g/mol. The van der Waals surface area contributed by atoms with Crippen molar-refractivity contribution in [1.82, 2.24) is 4.90 Å². The van der Waals surface area contributed by atoms with Gasteiger partial charge in [0.1, 0.15) is 12.7 Å². The van der Waals surface area contributed by atoms with Crippen LogP contribution in [0.1, 0.15) is 6.42 Å². The van der Waals surface area contributed by atoms with Crippen LogP contribution in [0.5, 0.6) is 0 Å². The van der Waals surface area contributed by atoms with E-state index in [9.17, 15) is 5.11 Å². The minimum Gasteiger partial charge on any atom is -0.478 e. The Morgan fingerprint density at radius 3 is 3.12 bits per heavy atom. The first-order valence-corrected chi connectivity index (χ1v) is 6.67. The predicted octanol–water partition coefficient (Wildman–Crippen LogP) is 0.727. The zero-order chi connectivity index (χ0) is 11.4. The second kappa shape index (κ2) is 5.70. The lowest BCUT2D eigenvalue weighted by Gasteiger charge is -2.25. The second-order valence-corrected chi connectivity index (χ2v) is 5.06. The number of hydrogen-bond donors (Lipinski definition) is 1. The van der Waals surface area contributed by atoms with Gasteiger partial charge in [-0.15, -0.1) is 11.8 Å². The predicted molar refractivity (Wildman–Crippen MR) is 66.9 cm³/mol. The summed E-state index contributed by atoms with van der Waals surface area (Å²) in [4.78, 5) is 6.79. The molecular weight excluding hydrogens is 224 g/mol. The summed E-state index contributed by atoms with van der Waals surface area (Å²) >= 11 is 1.59. The Bertz CT molecular complexity index is 279. The molecule has 16 heavy (non-hydrogen) atoms. The van der Waals surface area contributed by atoms with Crippen molar-refractivity contribution < 1.29 is 9.84 Å². The molecule has 0 spiro atoms. The topological polar surface area (TPSA) is 44.8 Å². The average Bonchev–Trinajstić information content (AvgIpc) is 3.10. The molecule has 2 aliphatic rings. The van der Waals surface area contributed by atoms with Crippen LogP contribution in [0, 0.1) is 0 Å². The lowest BCUT2D eigenvalue weighted by Crippen LogP contribution is -2.38. The minimum atomic E-state index is -0.475. The molecular formula is C11H18N2O2S. The number of nitrogens with zero attached hydrogens (tertiary/aromatic N) is 2. The third-order valence-corrected chi connectivity index (χ3v) is 3.51. The van der Waals surface area contributed by atoms with Crippen molar-refractivity contribution in [3.05, 3.63) is 12.0 Å². The first kappa shape index (κ1) is 12.0. The molecule has 1 fully saturated rings. The van der Waals surface area contributed by atoms with Crippen LogP contribution in [0.2, 0.25) is 0 Å². The van der Waals surface area contributed by atoms with Gasteiger partial charge < -0.3 is 14.7 Å². The van der Waals surface area contributed by atoms with Crippen molar-refractivity contribution in [2.45, 2.75) is 18.6 Å². The maximum Gasteiger partial charge on any atom is 0.184 e. The van der Waals surface area contributed by atoms with Gasteiger partial charge in [0.05, 0.1) is 6.04 Å². The lowest BCUT2D eigenvalue weighted by molar-refractivity contribution is 0.0687. The van der Waals surface area contributed by atoms with E-state index in [-0.39, 0.29) is 6.04 Å². The van der Waals surface area contributed by atoms with Gasteiger partial charge in [-0.1, -0.05) is 6.58 Å². The summed E-state index contributed by atoms with van der Waals surface area (Å²) < 4.78 is 5.42. The molecule has 2 atom stereocenters. The number of rotatable bonds is 6. The molecule has 2 rings (SSSR count). The van der Waals surface area contributed by atoms with Crippen molar-refractivity contribution in [2.75, 3.05) is 32.0 Å². The number of aliphatic hydroxyl groups is 1. The maximum absolute atomic E-state index is 9.71. The number of hydrogen-bond acceptors (Lipinski definition) is 5. The van der Waals surface area contributed by atoms with Gasteiger partial charge in [-0.25, -0.2) is 4.99 Å². The highest BCUT2D eigenvalue weighted by atomic mass is 32.2. The molecule has 1 N–H and O–H groups in total. The van der Waals surface area contributed by atoms with E-state index < -0.39 is 6.10 Å². The molecule has 0 bridgehead atoms. The molecule has 2 heterocycles. The highest BCUT2D eigenvalue weighted by Crippen LogP contribution is 2.16. The molecule has 1 unspecified atom stereocenters. The van der Waals surface area contributed by atoms with E-state index in [1.54, 1.807) is 17.2 Å². The standard InChI is InChI=1S/C11H18N2O2S/c1-2-16-8-9-10(14)7-15-11(12-9)3-4-13-5-6-13/h2,9-10,14H,1,3-8H2/t9-,10?/m0/s1. The Kier molecular flexibility index (Phi) is 4.26. The van der Waals surface area contributed by atoms with Crippen molar-refractivity contribution in [3.8, 4) is 0 Å². The van der Waals surface area contributed by atoms with Gasteiger partial charge in [0.2, 0.25) is 0 Å². The minimum absolute atomic E-state index is 0.0408. The van der Waals surface area contributed by atoms with Gasteiger partial charge in [0.15, 0.2) is 5.90 Å². The van der Waals surface area contributed by atoms with E-state index >= 15 is 0 Å². The van der Waals surface area contributed by atoms with E-state index in [1.165, 1.54) is 13.1 Å². The number of aliphatic hydroxyl groups excluding tert-OH is 1. The van der Waals surface area contributed by atoms with Crippen molar-refractivity contribution in [2.24, 2.45) is 4.99 Å². The summed E-state index contributed by atoms with van der Waals surface area (Å²) in [7, 11) is 0. The summed E-state index contributed by atoms with van der Waals surface area (Å²) in [5.74, 6) is 1.58. The smallest absolute Gasteiger partial charge is 0.184 e. The van der Waals surface area contributed by atoms with Crippen LogP contribution in [-0.2, 0) is 4.74 Å². The fourth-order valence-electron chi connectivity index (χ4n) is 1.60. The molecule has 1 saturated heterocycles. The van der Waals surface area contributed by atoms with Crippen molar-refractivity contribution >= 4 is 17.7 Å². The Morgan fingerprint density at radius 1 is 1.62 bits per heavy atom. The summed E-state index contributed by atoms with van der Waals surface area (Å²) in [5, 5.41) is 11.5. The fraction of sp³-hybridized carbons (Fsp3) is 0.727. The lowest BCUT2D eigenvalue weighted by atomic mass is 10.2. The summed E-state index contributed by atoms with van der Waals surface area (Å²) in [6, 6.07) is -0.0408. The molecule has 0 amide bonds. The normalized spacial score (nSPS) is 29.4. The molecule has 2 aliphatic heterocycles. The number of ether oxygens (including phenoxy) is 1. The maximum atomic E-state index is 9.71. The molecule has 0 radical (unpaired) electrons. The zero-order valence-corrected chi connectivity index (χ0v) is 10.2. The summed E-state index contributed by atoms with van der Waals surface area (Å²) in [6.07, 6.45) is 0.388. The van der Waals surface area contributed by atoms with Gasteiger partial charge in [-0.2, -0.15) is 0 Å².